The zero-order valence-corrected chi connectivity index (χ0v) is 9.69. The van der Waals surface area contributed by atoms with Gasteiger partial charge in [0.05, 0.1) is 0 Å². The first-order valence-corrected chi connectivity index (χ1v) is 6.10. The van der Waals surface area contributed by atoms with Crippen molar-refractivity contribution in [3.63, 3.8) is 0 Å². The summed E-state index contributed by atoms with van der Waals surface area (Å²) in [5.41, 5.74) is 0.889. The highest BCUT2D eigenvalue weighted by Crippen LogP contribution is 2.25. The van der Waals surface area contributed by atoms with Gasteiger partial charge in [-0.3, -0.25) is 4.98 Å². The maximum atomic E-state index is 13.3. The van der Waals surface area contributed by atoms with E-state index in [2.05, 4.69) is 9.17 Å². The summed E-state index contributed by atoms with van der Waals surface area (Å²) in [4.78, 5) is 3.84. The Balaban J connectivity index is 2.45. The molecule has 0 N–H and O–H groups in total. The number of nitrogens with zero attached hydrogens (tertiary/aromatic N) is 1. The average Bonchev–Trinajstić information content (AvgIpc) is 2.27. The Kier molecular flexibility index (Phi) is 3.24. The third-order valence-electron chi connectivity index (χ3n) is 2.06. The molecule has 0 aliphatic rings. The van der Waals surface area contributed by atoms with Gasteiger partial charge in [-0.2, -0.15) is 8.42 Å². The Morgan fingerprint density at radius 3 is 2.56 bits per heavy atom. The zero-order valence-electron chi connectivity index (χ0n) is 8.88. The van der Waals surface area contributed by atoms with Crippen molar-refractivity contribution in [2.24, 2.45) is 0 Å². The van der Waals surface area contributed by atoms with E-state index in [4.69, 9.17) is 0 Å². The summed E-state index contributed by atoms with van der Waals surface area (Å²) in [5.74, 6) is -1.17. The number of rotatable bonds is 3. The number of benzene rings is 1. The summed E-state index contributed by atoms with van der Waals surface area (Å²) >= 11 is 0. The van der Waals surface area contributed by atoms with Crippen LogP contribution in [0, 0.1) is 5.82 Å². The van der Waals surface area contributed by atoms with Crippen LogP contribution in [0.2, 0.25) is 0 Å². The summed E-state index contributed by atoms with van der Waals surface area (Å²) in [6, 6.07) is 6.42. The van der Waals surface area contributed by atoms with Crippen molar-refractivity contribution in [1.82, 2.24) is 4.98 Å². The fraction of sp³-hybridized carbons (Fsp3) is 0. The Morgan fingerprint density at radius 2 is 1.94 bits per heavy atom. The van der Waals surface area contributed by atoms with Crippen LogP contribution in [0.15, 0.2) is 42.7 Å². The summed E-state index contributed by atoms with van der Waals surface area (Å²) < 4.78 is 50.3. The molecular formula is C11H7F2NO3S. The van der Waals surface area contributed by atoms with Crippen LogP contribution in [0.1, 0.15) is 0 Å². The molecule has 0 spiro atoms. The third-order valence-corrected chi connectivity index (χ3v) is 2.45. The number of hydrogen-bond acceptors (Lipinski definition) is 4. The van der Waals surface area contributed by atoms with Crippen LogP contribution >= 0.6 is 0 Å². The largest absolute Gasteiger partial charge is 0.488 e. The van der Waals surface area contributed by atoms with Crippen molar-refractivity contribution < 1.29 is 20.9 Å². The maximum absolute atomic E-state index is 13.3. The molecule has 7 heteroatoms. The molecule has 0 atom stereocenters. The molecule has 0 fully saturated rings. The summed E-state index contributed by atoms with van der Waals surface area (Å²) in [5, 5.41) is 0. The molecule has 94 valence electrons. The number of pyridine rings is 1. The molecular weight excluding hydrogens is 264 g/mol. The highest BCUT2D eigenvalue weighted by Gasteiger charge is 2.12. The molecule has 1 aromatic heterocycles. The lowest BCUT2D eigenvalue weighted by molar-refractivity contribution is 0.438. The van der Waals surface area contributed by atoms with Crippen molar-refractivity contribution in [3.05, 3.63) is 48.5 Å². The van der Waals surface area contributed by atoms with E-state index in [1.165, 1.54) is 18.5 Å². The van der Waals surface area contributed by atoms with Gasteiger partial charge in [-0.1, -0.05) is 9.95 Å². The van der Waals surface area contributed by atoms with Gasteiger partial charge in [0.2, 0.25) is 0 Å². The van der Waals surface area contributed by atoms with Crippen molar-refractivity contribution in [2.45, 2.75) is 0 Å². The number of halogens is 2. The minimum Gasteiger partial charge on any atom is -0.358 e. The normalized spacial score (nSPS) is 11.2. The van der Waals surface area contributed by atoms with E-state index in [1.807, 2.05) is 0 Å². The van der Waals surface area contributed by atoms with Crippen LogP contribution in [0.25, 0.3) is 11.1 Å². The highest BCUT2D eigenvalue weighted by atomic mass is 32.3. The predicted octanol–water partition coefficient (Wildman–Crippen LogP) is 2.48. The van der Waals surface area contributed by atoms with Gasteiger partial charge in [0.15, 0.2) is 0 Å². The lowest BCUT2D eigenvalue weighted by atomic mass is 10.1. The third kappa shape index (κ3) is 3.24. The monoisotopic (exact) mass is 271 g/mol. The lowest BCUT2D eigenvalue weighted by Crippen LogP contribution is -2.01. The highest BCUT2D eigenvalue weighted by molar-refractivity contribution is 7.81. The number of hydrogen-bond donors (Lipinski definition) is 0. The molecule has 0 radical (unpaired) electrons. The SMILES string of the molecule is O=S(=O)(F)Oc1cc(F)cc(-c2cccnc2)c1. The predicted molar refractivity (Wildman–Crippen MR) is 60.3 cm³/mol. The first-order valence-electron chi connectivity index (χ1n) is 4.79. The van der Waals surface area contributed by atoms with E-state index >= 15 is 0 Å². The maximum Gasteiger partial charge on any atom is 0.488 e. The first-order chi connectivity index (χ1) is 8.44. The molecule has 0 saturated heterocycles. The molecule has 18 heavy (non-hydrogen) atoms. The summed E-state index contributed by atoms with van der Waals surface area (Å²) in [6.07, 6.45) is 2.99. The van der Waals surface area contributed by atoms with Crippen molar-refractivity contribution in [1.29, 1.82) is 0 Å². The molecule has 0 saturated carbocycles. The van der Waals surface area contributed by atoms with E-state index < -0.39 is 22.1 Å². The fourth-order valence-corrected chi connectivity index (χ4v) is 1.75. The van der Waals surface area contributed by atoms with E-state index in [9.17, 15) is 16.7 Å². The Bertz CT molecular complexity index is 659. The molecule has 1 heterocycles. The van der Waals surface area contributed by atoms with Gasteiger partial charge in [-0.05, 0) is 23.8 Å². The molecule has 0 aliphatic heterocycles. The van der Waals surface area contributed by atoms with Gasteiger partial charge in [0.25, 0.3) is 0 Å². The van der Waals surface area contributed by atoms with Crippen LogP contribution in [-0.2, 0) is 10.5 Å². The Hall–Kier alpha value is -2.02. The van der Waals surface area contributed by atoms with E-state index in [0.717, 1.165) is 12.1 Å². The second kappa shape index (κ2) is 4.69. The molecule has 0 unspecified atom stereocenters. The second-order valence-electron chi connectivity index (χ2n) is 3.39. The van der Waals surface area contributed by atoms with Crippen molar-refractivity contribution in [2.75, 3.05) is 0 Å². The van der Waals surface area contributed by atoms with Crippen LogP contribution in [0.5, 0.6) is 5.75 Å². The number of aromatic nitrogens is 1. The first kappa shape index (κ1) is 12.4. The van der Waals surface area contributed by atoms with Crippen molar-refractivity contribution in [3.8, 4) is 16.9 Å². The smallest absolute Gasteiger partial charge is 0.358 e. The Labute approximate surface area is 102 Å². The Morgan fingerprint density at radius 1 is 1.17 bits per heavy atom. The van der Waals surface area contributed by atoms with Gasteiger partial charge in [-0.25, -0.2) is 4.39 Å². The fourth-order valence-electron chi connectivity index (χ4n) is 1.43. The van der Waals surface area contributed by atoms with Crippen LogP contribution in [-0.4, -0.2) is 13.4 Å². The minimum absolute atomic E-state index is 0.335. The average molecular weight is 271 g/mol. The van der Waals surface area contributed by atoms with E-state index in [-0.39, 0.29) is 0 Å². The summed E-state index contributed by atoms with van der Waals surface area (Å²) in [6.45, 7) is 0. The van der Waals surface area contributed by atoms with Gasteiger partial charge >= 0.3 is 10.5 Å². The van der Waals surface area contributed by atoms with E-state index in [1.54, 1.807) is 12.1 Å². The lowest BCUT2D eigenvalue weighted by Gasteiger charge is -2.05. The van der Waals surface area contributed by atoms with Crippen LogP contribution in [0.4, 0.5) is 8.28 Å². The molecule has 1 aromatic carbocycles. The van der Waals surface area contributed by atoms with Crippen molar-refractivity contribution >= 4 is 10.5 Å². The van der Waals surface area contributed by atoms with Gasteiger partial charge < -0.3 is 4.18 Å². The molecule has 2 aromatic rings. The standard InChI is InChI=1S/C11H7F2NO3S/c12-10-4-9(8-2-1-3-14-7-8)5-11(6-10)17-18(13,15)16/h1-7H. The molecule has 4 nitrogen and oxygen atoms in total. The van der Waals surface area contributed by atoms with Gasteiger partial charge in [0.1, 0.15) is 11.6 Å². The van der Waals surface area contributed by atoms with E-state index in [0.29, 0.717) is 11.1 Å². The van der Waals surface area contributed by atoms with Crippen LogP contribution in [0.3, 0.4) is 0 Å². The van der Waals surface area contributed by atoms with Crippen LogP contribution < -0.4 is 4.18 Å². The quantitative estimate of drug-likeness (QED) is 0.805. The second-order valence-corrected chi connectivity index (χ2v) is 4.35. The van der Waals surface area contributed by atoms with Gasteiger partial charge in [0, 0.05) is 24.0 Å². The molecule has 2 rings (SSSR count). The zero-order chi connectivity index (χ0) is 13.2. The van der Waals surface area contributed by atoms with Gasteiger partial charge in [-0.15, -0.1) is 0 Å². The minimum atomic E-state index is -5.18. The molecule has 0 amide bonds. The summed E-state index contributed by atoms with van der Waals surface area (Å²) in [7, 11) is -5.18. The molecule has 0 bridgehead atoms. The molecule has 0 aliphatic carbocycles. The topological polar surface area (TPSA) is 56.3 Å².